The van der Waals surface area contributed by atoms with E-state index in [1.807, 2.05) is 0 Å². The van der Waals surface area contributed by atoms with Gasteiger partial charge in [0.15, 0.2) is 5.11 Å². The zero-order valence-corrected chi connectivity index (χ0v) is 9.88. The second-order valence-corrected chi connectivity index (χ2v) is 4.26. The summed E-state index contributed by atoms with van der Waals surface area (Å²) in [5, 5.41) is 7.09. The van der Waals surface area contributed by atoms with Crippen LogP contribution >= 0.6 is 12.2 Å². The molecule has 0 unspecified atom stereocenters. The highest BCUT2D eigenvalue weighted by Crippen LogP contribution is 2.34. The van der Waals surface area contributed by atoms with Crippen LogP contribution in [0.4, 0.5) is 0 Å². The predicted molar refractivity (Wildman–Crippen MR) is 62.5 cm³/mol. The molecular formula is C10H20N2OS. The van der Waals surface area contributed by atoms with E-state index in [0.717, 1.165) is 37.5 Å². The first-order chi connectivity index (χ1) is 6.72. The maximum atomic E-state index is 5.48. The molecule has 1 aliphatic carbocycles. The molecule has 0 heterocycles. The van der Waals surface area contributed by atoms with E-state index in [1.165, 1.54) is 6.42 Å². The van der Waals surface area contributed by atoms with Crippen LogP contribution in [0.25, 0.3) is 0 Å². The Morgan fingerprint density at radius 3 is 2.57 bits per heavy atom. The molecule has 2 N–H and O–H groups in total. The van der Waals surface area contributed by atoms with Crippen molar-refractivity contribution < 1.29 is 4.74 Å². The van der Waals surface area contributed by atoms with Crippen molar-refractivity contribution >= 4 is 17.3 Å². The van der Waals surface area contributed by atoms with Crippen molar-refractivity contribution in [3.63, 3.8) is 0 Å². The third kappa shape index (κ3) is 3.10. The van der Waals surface area contributed by atoms with Gasteiger partial charge < -0.3 is 15.4 Å². The fraction of sp³-hybridized carbons (Fsp3) is 0.900. The quantitative estimate of drug-likeness (QED) is 0.681. The number of thiocarbonyl (C=S) groups is 1. The molecule has 0 bridgehead atoms. The van der Waals surface area contributed by atoms with E-state index in [-0.39, 0.29) is 5.60 Å². The zero-order valence-electron chi connectivity index (χ0n) is 9.06. The van der Waals surface area contributed by atoms with Crippen LogP contribution in [0.5, 0.6) is 0 Å². The molecule has 0 radical (unpaired) electrons. The minimum absolute atomic E-state index is 0.0535. The summed E-state index contributed by atoms with van der Waals surface area (Å²) >= 11 is 5.13. The fourth-order valence-corrected chi connectivity index (χ4v) is 1.74. The van der Waals surface area contributed by atoms with Gasteiger partial charge in [-0.1, -0.05) is 6.92 Å². The molecule has 82 valence electrons. The van der Waals surface area contributed by atoms with E-state index < -0.39 is 0 Å². The Morgan fingerprint density at radius 1 is 1.43 bits per heavy atom. The lowest BCUT2D eigenvalue weighted by molar-refractivity contribution is -0.0665. The number of nitrogens with one attached hydrogen (secondary N) is 2. The van der Waals surface area contributed by atoms with E-state index in [0.29, 0.717) is 0 Å². The van der Waals surface area contributed by atoms with Crippen LogP contribution in [0.1, 0.15) is 32.6 Å². The SMILES string of the molecule is CCCNC(=S)NCC1(OC)CCC1. The van der Waals surface area contributed by atoms with Crippen LogP contribution in [-0.4, -0.2) is 30.9 Å². The first-order valence-electron chi connectivity index (χ1n) is 5.29. The van der Waals surface area contributed by atoms with Gasteiger partial charge in [-0.2, -0.15) is 0 Å². The molecule has 1 saturated carbocycles. The lowest BCUT2D eigenvalue weighted by Gasteiger charge is -2.40. The summed E-state index contributed by atoms with van der Waals surface area (Å²) in [6, 6.07) is 0. The Kier molecular flexibility index (Phi) is 4.62. The lowest BCUT2D eigenvalue weighted by Crippen LogP contribution is -2.51. The summed E-state index contributed by atoms with van der Waals surface area (Å²) in [5.74, 6) is 0. The Balaban J connectivity index is 2.15. The van der Waals surface area contributed by atoms with Crippen molar-refractivity contribution in [1.29, 1.82) is 0 Å². The van der Waals surface area contributed by atoms with Crippen molar-refractivity contribution in [3.8, 4) is 0 Å². The smallest absolute Gasteiger partial charge is 0.166 e. The van der Waals surface area contributed by atoms with Crippen molar-refractivity contribution in [2.75, 3.05) is 20.2 Å². The van der Waals surface area contributed by atoms with Gasteiger partial charge in [0.25, 0.3) is 0 Å². The summed E-state index contributed by atoms with van der Waals surface area (Å²) < 4.78 is 5.48. The Bertz CT molecular complexity index is 187. The minimum Gasteiger partial charge on any atom is -0.376 e. The molecular weight excluding hydrogens is 196 g/mol. The topological polar surface area (TPSA) is 33.3 Å². The second kappa shape index (κ2) is 5.51. The lowest BCUT2D eigenvalue weighted by atomic mass is 9.80. The largest absolute Gasteiger partial charge is 0.376 e. The van der Waals surface area contributed by atoms with Crippen LogP contribution in [0, 0.1) is 0 Å². The Labute approximate surface area is 91.6 Å². The molecule has 1 fully saturated rings. The number of hydrogen-bond acceptors (Lipinski definition) is 2. The minimum atomic E-state index is 0.0535. The molecule has 1 rings (SSSR count). The van der Waals surface area contributed by atoms with Gasteiger partial charge in [-0.15, -0.1) is 0 Å². The first-order valence-corrected chi connectivity index (χ1v) is 5.70. The van der Waals surface area contributed by atoms with E-state index in [4.69, 9.17) is 17.0 Å². The van der Waals surface area contributed by atoms with E-state index in [9.17, 15) is 0 Å². The fourth-order valence-electron chi connectivity index (χ4n) is 1.57. The van der Waals surface area contributed by atoms with Gasteiger partial charge in [0, 0.05) is 20.2 Å². The van der Waals surface area contributed by atoms with Gasteiger partial charge >= 0.3 is 0 Å². The van der Waals surface area contributed by atoms with Crippen LogP contribution in [0.3, 0.4) is 0 Å². The maximum Gasteiger partial charge on any atom is 0.166 e. The third-order valence-electron chi connectivity index (χ3n) is 2.80. The average molecular weight is 216 g/mol. The standard InChI is InChI=1S/C10H20N2OS/c1-3-7-11-9(14)12-8-10(13-2)5-4-6-10/h3-8H2,1-2H3,(H2,11,12,14). The molecule has 0 aromatic heterocycles. The van der Waals surface area contributed by atoms with E-state index >= 15 is 0 Å². The molecule has 0 amide bonds. The molecule has 0 saturated heterocycles. The Morgan fingerprint density at radius 2 is 2.14 bits per heavy atom. The predicted octanol–water partition coefficient (Wildman–Crippen LogP) is 1.43. The maximum absolute atomic E-state index is 5.48. The molecule has 0 atom stereocenters. The molecule has 4 heteroatoms. The first kappa shape index (κ1) is 11.7. The van der Waals surface area contributed by atoms with Gasteiger partial charge in [0.2, 0.25) is 0 Å². The van der Waals surface area contributed by atoms with Crippen molar-refractivity contribution in [2.24, 2.45) is 0 Å². The summed E-state index contributed by atoms with van der Waals surface area (Å²) in [6.07, 6.45) is 4.65. The summed E-state index contributed by atoms with van der Waals surface area (Å²) in [7, 11) is 1.78. The monoisotopic (exact) mass is 216 g/mol. The number of hydrogen-bond donors (Lipinski definition) is 2. The van der Waals surface area contributed by atoms with E-state index in [1.54, 1.807) is 7.11 Å². The number of ether oxygens (including phenoxy) is 1. The van der Waals surface area contributed by atoms with Gasteiger partial charge in [-0.05, 0) is 37.9 Å². The highest BCUT2D eigenvalue weighted by molar-refractivity contribution is 7.80. The Hall–Kier alpha value is -0.350. The van der Waals surface area contributed by atoms with Gasteiger partial charge in [-0.25, -0.2) is 0 Å². The second-order valence-electron chi connectivity index (χ2n) is 3.85. The molecule has 0 spiro atoms. The highest BCUT2D eigenvalue weighted by Gasteiger charge is 2.36. The highest BCUT2D eigenvalue weighted by atomic mass is 32.1. The molecule has 0 aromatic rings. The molecule has 0 aromatic carbocycles. The van der Waals surface area contributed by atoms with Crippen LogP contribution in [0.2, 0.25) is 0 Å². The van der Waals surface area contributed by atoms with Crippen LogP contribution in [0.15, 0.2) is 0 Å². The van der Waals surface area contributed by atoms with Crippen LogP contribution < -0.4 is 10.6 Å². The van der Waals surface area contributed by atoms with E-state index in [2.05, 4.69) is 17.6 Å². The third-order valence-corrected chi connectivity index (χ3v) is 3.09. The van der Waals surface area contributed by atoms with Crippen molar-refractivity contribution in [1.82, 2.24) is 10.6 Å². The molecule has 3 nitrogen and oxygen atoms in total. The summed E-state index contributed by atoms with van der Waals surface area (Å²) in [6.45, 7) is 3.89. The van der Waals surface area contributed by atoms with Crippen molar-refractivity contribution in [2.45, 2.75) is 38.2 Å². The summed E-state index contributed by atoms with van der Waals surface area (Å²) in [5.41, 5.74) is 0.0535. The molecule has 1 aliphatic rings. The normalized spacial score (nSPS) is 18.4. The van der Waals surface area contributed by atoms with Gasteiger partial charge in [0.1, 0.15) is 0 Å². The molecule has 14 heavy (non-hydrogen) atoms. The molecule has 0 aliphatic heterocycles. The summed E-state index contributed by atoms with van der Waals surface area (Å²) in [4.78, 5) is 0. The van der Waals surface area contributed by atoms with Crippen LogP contribution in [-0.2, 0) is 4.74 Å². The van der Waals surface area contributed by atoms with Crippen molar-refractivity contribution in [3.05, 3.63) is 0 Å². The zero-order chi connectivity index (χ0) is 10.4. The number of rotatable bonds is 5. The van der Waals surface area contributed by atoms with Gasteiger partial charge in [-0.3, -0.25) is 0 Å². The number of methoxy groups -OCH3 is 1. The average Bonchev–Trinajstić information content (AvgIpc) is 2.14. The van der Waals surface area contributed by atoms with Gasteiger partial charge in [0.05, 0.1) is 5.60 Å².